The fraction of sp³-hybridized carbons (Fsp3) is 0.211. The van der Waals surface area contributed by atoms with Crippen molar-refractivity contribution in [2.75, 3.05) is 12.0 Å². The van der Waals surface area contributed by atoms with Gasteiger partial charge in [0.1, 0.15) is 0 Å². The van der Waals surface area contributed by atoms with Crippen molar-refractivity contribution in [3.63, 3.8) is 0 Å². The van der Waals surface area contributed by atoms with Crippen molar-refractivity contribution in [1.29, 1.82) is 0 Å². The van der Waals surface area contributed by atoms with Gasteiger partial charge in [-0.05, 0) is 36.6 Å². The fourth-order valence-corrected chi connectivity index (χ4v) is 3.72. The Bertz CT molecular complexity index is 1200. The molecule has 1 amide bonds. The lowest BCUT2D eigenvalue weighted by atomic mass is 10.1. The van der Waals surface area contributed by atoms with Gasteiger partial charge in [0.15, 0.2) is 11.5 Å². The molecule has 0 radical (unpaired) electrons. The van der Waals surface area contributed by atoms with Crippen molar-refractivity contribution in [3.8, 4) is 0 Å². The number of carbonyl (C=O) groups is 1. The minimum atomic E-state index is -0.474. The Hall–Kier alpha value is -3.40. The Morgan fingerprint density at radius 2 is 2.21 bits per heavy atom. The predicted octanol–water partition coefficient (Wildman–Crippen LogP) is 3.34. The Labute approximate surface area is 169 Å². The number of nitro groups is 1. The summed E-state index contributed by atoms with van der Waals surface area (Å²) in [7, 11) is 0. The van der Waals surface area contributed by atoms with Crippen LogP contribution in [0.5, 0.6) is 0 Å². The second-order valence-corrected chi connectivity index (χ2v) is 7.47. The minimum absolute atomic E-state index is 0.0615. The molecule has 1 unspecified atom stereocenters. The van der Waals surface area contributed by atoms with E-state index in [-0.39, 0.29) is 17.6 Å². The van der Waals surface area contributed by atoms with Gasteiger partial charge in [0, 0.05) is 35.4 Å². The molecule has 0 aliphatic heterocycles. The van der Waals surface area contributed by atoms with E-state index in [4.69, 9.17) is 0 Å². The maximum Gasteiger partial charge on any atom is 0.270 e. The van der Waals surface area contributed by atoms with E-state index in [0.717, 1.165) is 5.75 Å². The van der Waals surface area contributed by atoms with Crippen molar-refractivity contribution in [2.24, 2.45) is 0 Å². The largest absolute Gasteiger partial charge is 0.360 e. The summed E-state index contributed by atoms with van der Waals surface area (Å²) in [5, 5.41) is 23.1. The van der Waals surface area contributed by atoms with Crippen molar-refractivity contribution in [1.82, 2.24) is 24.9 Å². The van der Waals surface area contributed by atoms with E-state index in [9.17, 15) is 14.9 Å². The quantitative estimate of drug-likeness (QED) is 0.356. The second kappa shape index (κ2) is 7.92. The van der Waals surface area contributed by atoms with Crippen molar-refractivity contribution in [2.45, 2.75) is 12.5 Å². The van der Waals surface area contributed by atoms with Gasteiger partial charge in [0.25, 0.3) is 11.6 Å². The maximum atomic E-state index is 13.0. The van der Waals surface area contributed by atoms with Crippen LogP contribution in [0.4, 0.5) is 5.69 Å². The molecule has 0 aliphatic carbocycles. The molecular formula is C19H18N6O3S. The third-order valence-corrected chi connectivity index (χ3v) is 5.33. The van der Waals surface area contributed by atoms with Crippen LogP contribution >= 0.6 is 11.8 Å². The van der Waals surface area contributed by atoms with Gasteiger partial charge in [-0.3, -0.25) is 19.3 Å². The van der Waals surface area contributed by atoms with Crippen molar-refractivity contribution >= 4 is 39.9 Å². The number of hydrogen-bond donors (Lipinski definition) is 2. The first-order chi connectivity index (χ1) is 14.1. The lowest BCUT2D eigenvalue weighted by molar-refractivity contribution is -0.384. The van der Waals surface area contributed by atoms with Crippen LogP contribution in [-0.2, 0) is 0 Å². The average molecular weight is 410 g/mol. The van der Waals surface area contributed by atoms with E-state index < -0.39 is 4.92 Å². The van der Waals surface area contributed by atoms with Crippen LogP contribution < -0.4 is 5.32 Å². The first kappa shape index (κ1) is 18.9. The number of H-pyrrole nitrogens is 1. The third-order valence-electron chi connectivity index (χ3n) is 4.69. The topological polar surface area (TPSA) is 118 Å². The molecule has 2 N–H and O–H groups in total. The number of pyridine rings is 1. The van der Waals surface area contributed by atoms with Crippen molar-refractivity contribution in [3.05, 3.63) is 70.3 Å². The number of hydrogen-bond acceptors (Lipinski definition) is 6. The standard InChI is InChI=1S/C19H18N6O3S/c1-29-9-7-16(18-23-22-17-4-2-3-8-24(17)18)21-19(26)14-11-20-15-6-5-12(25(27)28)10-13(14)15/h2-6,8,10-11,16,20H,7,9H2,1H3,(H,21,26). The number of nitrogens with zero attached hydrogens (tertiary/aromatic N) is 4. The molecule has 0 bridgehead atoms. The summed E-state index contributed by atoms with van der Waals surface area (Å²) in [4.78, 5) is 26.7. The van der Waals surface area contributed by atoms with E-state index >= 15 is 0 Å². The highest BCUT2D eigenvalue weighted by Gasteiger charge is 2.23. The minimum Gasteiger partial charge on any atom is -0.360 e. The highest BCUT2D eigenvalue weighted by atomic mass is 32.2. The molecule has 0 aliphatic rings. The van der Waals surface area contributed by atoms with Gasteiger partial charge in [0.2, 0.25) is 0 Å². The number of benzene rings is 1. The molecule has 4 aromatic rings. The fourth-order valence-electron chi connectivity index (χ4n) is 3.25. The van der Waals surface area contributed by atoms with Crippen LogP contribution in [0.3, 0.4) is 0 Å². The Balaban J connectivity index is 1.67. The molecule has 9 nitrogen and oxygen atoms in total. The van der Waals surface area contributed by atoms with Crippen LogP contribution in [0.2, 0.25) is 0 Å². The van der Waals surface area contributed by atoms with E-state index in [0.29, 0.717) is 34.4 Å². The predicted molar refractivity (Wildman–Crippen MR) is 111 cm³/mol. The Morgan fingerprint density at radius 3 is 3.00 bits per heavy atom. The molecule has 4 rings (SSSR count). The van der Waals surface area contributed by atoms with Gasteiger partial charge in [-0.2, -0.15) is 11.8 Å². The summed E-state index contributed by atoms with van der Waals surface area (Å²) in [6.07, 6.45) is 6.10. The van der Waals surface area contributed by atoms with Gasteiger partial charge in [-0.25, -0.2) is 0 Å². The average Bonchev–Trinajstić information content (AvgIpc) is 3.34. The van der Waals surface area contributed by atoms with Gasteiger partial charge < -0.3 is 10.3 Å². The third kappa shape index (κ3) is 3.66. The number of aromatic nitrogens is 4. The number of thioether (sulfide) groups is 1. The summed E-state index contributed by atoms with van der Waals surface area (Å²) < 4.78 is 1.85. The zero-order valence-corrected chi connectivity index (χ0v) is 16.3. The summed E-state index contributed by atoms with van der Waals surface area (Å²) in [6, 6.07) is 9.67. The lowest BCUT2D eigenvalue weighted by Gasteiger charge is -2.17. The van der Waals surface area contributed by atoms with Gasteiger partial charge in [0.05, 0.1) is 16.5 Å². The monoisotopic (exact) mass is 410 g/mol. The number of carbonyl (C=O) groups excluding carboxylic acids is 1. The van der Waals surface area contributed by atoms with Crippen molar-refractivity contribution < 1.29 is 9.72 Å². The van der Waals surface area contributed by atoms with Crippen LogP contribution in [0, 0.1) is 10.1 Å². The van der Waals surface area contributed by atoms with Gasteiger partial charge in [-0.15, -0.1) is 10.2 Å². The van der Waals surface area contributed by atoms with E-state index in [1.165, 1.54) is 12.1 Å². The first-order valence-electron chi connectivity index (χ1n) is 8.93. The van der Waals surface area contributed by atoms with Crippen LogP contribution in [0.15, 0.2) is 48.8 Å². The van der Waals surface area contributed by atoms with Crippen LogP contribution in [0.1, 0.15) is 28.6 Å². The van der Waals surface area contributed by atoms with E-state index in [1.54, 1.807) is 24.0 Å². The Kier molecular flexibility index (Phi) is 5.17. The summed E-state index contributed by atoms with van der Waals surface area (Å²) in [5.74, 6) is 1.15. The summed E-state index contributed by atoms with van der Waals surface area (Å²) in [6.45, 7) is 0. The maximum absolute atomic E-state index is 13.0. The summed E-state index contributed by atoms with van der Waals surface area (Å²) >= 11 is 1.68. The number of amides is 1. The molecule has 29 heavy (non-hydrogen) atoms. The number of nitrogens with one attached hydrogen (secondary N) is 2. The molecule has 0 fully saturated rings. The second-order valence-electron chi connectivity index (χ2n) is 6.48. The molecule has 10 heteroatoms. The Morgan fingerprint density at radius 1 is 1.34 bits per heavy atom. The lowest BCUT2D eigenvalue weighted by Crippen LogP contribution is -2.30. The smallest absolute Gasteiger partial charge is 0.270 e. The zero-order valence-electron chi connectivity index (χ0n) is 15.5. The molecular weight excluding hydrogens is 392 g/mol. The SMILES string of the molecule is CSCCC(NC(=O)c1c[nH]c2ccc([N+](=O)[O-])cc12)c1nnc2ccccn12. The molecule has 1 aromatic carbocycles. The molecule has 0 spiro atoms. The van der Waals surface area contributed by atoms with Gasteiger partial charge in [-0.1, -0.05) is 6.07 Å². The molecule has 0 saturated carbocycles. The summed E-state index contributed by atoms with van der Waals surface area (Å²) in [5.41, 5.74) is 1.66. The van der Waals surface area contributed by atoms with Gasteiger partial charge >= 0.3 is 0 Å². The van der Waals surface area contributed by atoms with Crippen LogP contribution in [-0.4, -0.2) is 42.4 Å². The molecule has 148 valence electrons. The molecule has 3 heterocycles. The molecule has 3 aromatic heterocycles. The molecule has 1 atom stereocenters. The van der Waals surface area contributed by atoms with E-state index in [2.05, 4.69) is 20.5 Å². The number of non-ortho nitro benzene ring substituents is 1. The van der Waals surface area contributed by atoms with E-state index in [1.807, 2.05) is 35.1 Å². The highest BCUT2D eigenvalue weighted by molar-refractivity contribution is 7.98. The highest BCUT2D eigenvalue weighted by Crippen LogP contribution is 2.25. The van der Waals surface area contributed by atoms with Crippen LogP contribution in [0.25, 0.3) is 16.6 Å². The number of nitro benzene ring substituents is 1. The molecule has 0 saturated heterocycles. The number of rotatable bonds is 7. The number of fused-ring (bicyclic) bond motifs is 2. The number of aromatic amines is 1. The normalized spacial score (nSPS) is 12.3. The first-order valence-corrected chi connectivity index (χ1v) is 10.3. The zero-order chi connectivity index (χ0) is 20.4.